The van der Waals surface area contributed by atoms with Gasteiger partial charge in [-0.15, -0.1) is 0 Å². The molecule has 11 heteroatoms. The Balaban J connectivity index is 1.66. The van der Waals surface area contributed by atoms with Crippen LogP contribution in [-0.4, -0.2) is 31.8 Å². The highest BCUT2D eigenvalue weighted by molar-refractivity contribution is 5.89. The molecule has 1 fully saturated rings. The third-order valence-electron chi connectivity index (χ3n) is 4.62. The SMILES string of the molecule is Cn1ncc2c(Nc3ccc(C(F)(F)F)c(F)c3)nc(NCC3(N)CC3)nc21. The molecule has 0 saturated heterocycles. The van der Waals surface area contributed by atoms with Crippen LogP contribution in [-0.2, 0) is 13.2 Å². The van der Waals surface area contributed by atoms with Crippen LogP contribution in [0.2, 0.25) is 0 Å². The molecule has 2 aromatic heterocycles. The highest BCUT2D eigenvalue weighted by Gasteiger charge is 2.38. The van der Waals surface area contributed by atoms with Crippen LogP contribution in [0.1, 0.15) is 18.4 Å². The van der Waals surface area contributed by atoms with Crippen LogP contribution < -0.4 is 16.4 Å². The minimum atomic E-state index is -4.76. The fourth-order valence-electron chi connectivity index (χ4n) is 2.75. The van der Waals surface area contributed by atoms with Gasteiger partial charge < -0.3 is 16.4 Å². The number of benzene rings is 1. The number of nitrogens with zero attached hydrogens (tertiary/aromatic N) is 4. The van der Waals surface area contributed by atoms with E-state index in [0.29, 0.717) is 35.4 Å². The standard InChI is InChI=1S/C17H17F4N7/c1-28-14-10(7-24-28)13(26-15(27-14)23-8-16(22)4-5-16)25-9-2-3-11(12(18)6-9)17(19,20)21/h2-3,6-7H,4-5,8,22H2,1H3,(H2,23,25,26,27). The lowest BCUT2D eigenvalue weighted by molar-refractivity contribution is -0.139. The predicted molar refractivity (Wildman–Crippen MR) is 95.6 cm³/mol. The molecular formula is C17H17F4N7. The molecule has 148 valence electrons. The number of nitrogens with one attached hydrogen (secondary N) is 2. The van der Waals surface area contributed by atoms with Crippen LogP contribution in [0.15, 0.2) is 24.4 Å². The molecule has 1 aliphatic carbocycles. The zero-order valence-electron chi connectivity index (χ0n) is 14.8. The third-order valence-corrected chi connectivity index (χ3v) is 4.62. The van der Waals surface area contributed by atoms with Gasteiger partial charge in [0, 0.05) is 24.8 Å². The van der Waals surface area contributed by atoms with Crippen molar-refractivity contribution in [2.75, 3.05) is 17.2 Å². The minimum absolute atomic E-state index is 0.123. The number of anilines is 3. The molecule has 0 atom stereocenters. The summed E-state index contributed by atoms with van der Waals surface area (Å²) in [6.45, 7) is 0.491. The second-order valence-electron chi connectivity index (χ2n) is 6.93. The molecule has 2 heterocycles. The summed E-state index contributed by atoms with van der Waals surface area (Å²) in [7, 11) is 1.70. The Morgan fingerprint density at radius 3 is 2.64 bits per heavy atom. The summed E-state index contributed by atoms with van der Waals surface area (Å²) in [5.41, 5.74) is 5.10. The van der Waals surface area contributed by atoms with E-state index in [1.807, 2.05) is 0 Å². The van der Waals surface area contributed by atoms with Crippen molar-refractivity contribution in [3.63, 3.8) is 0 Å². The van der Waals surface area contributed by atoms with Crippen molar-refractivity contribution in [1.82, 2.24) is 19.7 Å². The van der Waals surface area contributed by atoms with Gasteiger partial charge in [-0.3, -0.25) is 4.68 Å². The zero-order chi connectivity index (χ0) is 20.1. The van der Waals surface area contributed by atoms with Crippen molar-refractivity contribution in [1.29, 1.82) is 0 Å². The lowest BCUT2D eigenvalue weighted by Gasteiger charge is -2.13. The van der Waals surface area contributed by atoms with Crippen molar-refractivity contribution in [3.05, 3.63) is 35.8 Å². The number of fused-ring (bicyclic) bond motifs is 1. The van der Waals surface area contributed by atoms with Gasteiger partial charge in [0.05, 0.1) is 17.1 Å². The molecule has 28 heavy (non-hydrogen) atoms. The topological polar surface area (TPSA) is 93.7 Å². The van der Waals surface area contributed by atoms with Crippen molar-refractivity contribution in [2.24, 2.45) is 12.8 Å². The molecule has 3 aromatic rings. The highest BCUT2D eigenvalue weighted by atomic mass is 19.4. The summed E-state index contributed by atoms with van der Waals surface area (Å²) in [5, 5.41) is 10.6. The second-order valence-corrected chi connectivity index (χ2v) is 6.93. The summed E-state index contributed by atoms with van der Waals surface area (Å²) >= 11 is 0. The average molecular weight is 395 g/mol. The zero-order valence-corrected chi connectivity index (χ0v) is 14.8. The maximum Gasteiger partial charge on any atom is 0.419 e. The Morgan fingerprint density at radius 2 is 2.00 bits per heavy atom. The molecule has 1 aromatic carbocycles. The molecular weight excluding hydrogens is 378 g/mol. The van der Waals surface area contributed by atoms with Gasteiger partial charge in [0.2, 0.25) is 5.95 Å². The Kier molecular flexibility index (Phi) is 4.14. The van der Waals surface area contributed by atoms with E-state index >= 15 is 0 Å². The van der Waals surface area contributed by atoms with E-state index in [9.17, 15) is 17.6 Å². The number of halogens is 4. The third kappa shape index (κ3) is 3.57. The van der Waals surface area contributed by atoms with Gasteiger partial charge in [-0.05, 0) is 31.0 Å². The van der Waals surface area contributed by atoms with Crippen molar-refractivity contribution >= 4 is 28.5 Å². The summed E-state index contributed by atoms with van der Waals surface area (Å²) in [5.74, 6) is -0.782. The van der Waals surface area contributed by atoms with Gasteiger partial charge >= 0.3 is 6.18 Å². The van der Waals surface area contributed by atoms with Crippen molar-refractivity contribution in [3.8, 4) is 0 Å². The van der Waals surface area contributed by atoms with E-state index in [1.165, 1.54) is 10.9 Å². The van der Waals surface area contributed by atoms with E-state index in [0.717, 1.165) is 25.0 Å². The molecule has 0 aliphatic heterocycles. The molecule has 7 nitrogen and oxygen atoms in total. The Morgan fingerprint density at radius 1 is 1.25 bits per heavy atom. The Labute approximate surface area is 157 Å². The molecule has 1 aliphatic rings. The minimum Gasteiger partial charge on any atom is -0.352 e. The van der Waals surface area contributed by atoms with E-state index in [4.69, 9.17) is 5.73 Å². The quantitative estimate of drug-likeness (QED) is 0.575. The van der Waals surface area contributed by atoms with Crippen LogP contribution >= 0.6 is 0 Å². The van der Waals surface area contributed by atoms with Gasteiger partial charge in [0.15, 0.2) is 5.65 Å². The molecule has 0 amide bonds. The van der Waals surface area contributed by atoms with E-state index in [-0.39, 0.29) is 11.2 Å². The first-order chi connectivity index (χ1) is 13.1. The fraction of sp³-hybridized carbons (Fsp3) is 0.353. The van der Waals surface area contributed by atoms with E-state index in [2.05, 4.69) is 25.7 Å². The largest absolute Gasteiger partial charge is 0.419 e. The normalized spacial score (nSPS) is 15.6. The molecule has 0 radical (unpaired) electrons. The maximum absolute atomic E-state index is 13.9. The molecule has 4 N–H and O–H groups in total. The van der Waals surface area contributed by atoms with Crippen LogP contribution in [0, 0.1) is 5.82 Å². The van der Waals surface area contributed by atoms with Gasteiger partial charge in [0.1, 0.15) is 11.6 Å². The number of alkyl halides is 3. The Hall–Kier alpha value is -2.95. The summed E-state index contributed by atoms with van der Waals surface area (Å²) in [4.78, 5) is 8.75. The summed E-state index contributed by atoms with van der Waals surface area (Å²) in [6.07, 6.45) is -1.42. The Bertz CT molecular complexity index is 1040. The molecule has 4 rings (SSSR count). The fourth-order valence-corrected chi connectivity index (χ4v) is 2.75. The molecule has 1 saturated carbocycles. The number of hydrogen-bond donors (Lipinski definition) is 3. The molecule has 0 bridgehead atoms. The van der Waals surface area contributed by atoms with Crippen molar-refractivity contribution in [2.45, 2.75) is 24.6 Å². The van der Waals surface area contributed by atoms with E-state index in [1.54, 1.807) is 7.05 Å². The van der Waals surface area contributed by atoms with Gasteiger partial charge in [-0.2, -0.15) is 28.2 Å². The number of hydrogen-bond acceptors (Lipinski definition) is 6. The average Bonchev–Trinajstić information content (AvgIpc) is 3.23. The monoisotopic (exact) mass is 395 g/mol. The smallest absolute Gasteiger partial charge is 0.352 e. The van der Waals surface area contributed by atoms with Gasteiger partial charge in [0.25, 0.3) is 0 Å². The lowest BCUT2D eigenvalue weighted by Crippen LogP contribution is -2.31. The first-order valence-corrected chi connectivity index (χ1v) is 8.51. The van der Waals surface area contributed by atoms with E-state index < -0.39 is 17.6 Å². The van der Waals surface area contributed by atoms with Crippen LogP contribution in [0.5, 0.6) is 0 Å². The van der Waals surface area contributed by atoms with Crippen LogP contribution in [0.3, 0.4) is 0 Å². The first kappa shape index (κ1) is 18.4. The van der Waals surface area contributed by atoms with Crippen molar-refractivity contribution < 1.29 is 17.6 Å². The van der Waals surface area contributed by atoms with Gasteiger partial charge in [-0.25, -0.2) is 4.39 Å². The molecule has 0 unspecified atom stereocenters. The number of rotatable bonds is 5. The summed E-state index contributed by atoms with van der Waals surface area (Å²) < 4.78 is 53.6. The number of aromatic nitrogens is 4. The molecule has 0 spiro atoms. The second kappa shape index (κ2) is 6.30. The van der Waals surface area contributed by atoms with Crippen LogP contribution in [0.4, 0.5) is 35.0 Å². The number of aryl methyl sites for hydroxylation is 1. The lowest BCUT2D eigenvalue weighted by atomic mass is 10.2. The summed E-state index contributed by atoms with van der Waals surface area (Å²) in [6, 6.07) is 2.60. The van der Waals surface area contributed by atoms with Gasteiger partial charge in [-0.1, -0.05) is 0 Å². The van der Waals surface area contributed by atoms with Crippen LogP contribution in [0.25, 0.3) is 11.0 Å². The highest BCUT2D eigenvalue weighted by Crippen LogP contribution is 2.34. The predicted octanol–water partition coefficient (Wildman–Crippen LogP) is 3.17. The first-order valence-electron chi connectivity index (χ1n) is 8.51. The maximum atomic E-state index is 13.9. The number of nitrogens with two attached hydrogens (primary N) is 1.